The number of rotatable bonds is 2. The van der Waals surface area contributed by atoms with Gasteiger partial charge in [0.05, 0.1) is 0 Å². The molecule has 0 saturated carbocycles. The maximum absolute atomic E-state index is 3.58. The summed E-state index contributed by atoms with van der Waals surface area (Å²) in [6.07, 6.45) is 8.54. The van der Waals surface area contributed by atoms with Crippen LogP contribution in [-0.2, 0) is 0 Å². The summed E-state index contributed by atoms with van der Waals surface area (Å²) in [6.45, 7) is 5.24. The second-order valence-corrected chi connectivity index (χ2v) is 4.51. The molecule has 2 fully saturated rings. The van der Waals surface area contributed by atoms with Gasteiger partial charge in [-0.25, -0.2) is 0 Å². The molecule has 1 N–H and O–H groups in total. The van der Waals surface area contributed by atoms with Gasteiger partial charge in [-0.05, 0) is 45.3 Å². The van der Waals surface area contributed by atoms with Gasteiger partial charge in [-0.2, -0.15) is 0 Å². The van der Waals surface area contributed by atoms with Crippen molar-refractivity contribution in [1.29, 1.82) is 0 Å². The SMILES string of the molecule is C1CCCN(CC2CCCN2)CC1. The van der Waals surface area contributed by atoms with E-state index in [-0.39, 0.29) is 0 Å². The third-order valence-corrected chi connectivity index (χ3v) is 3.34. The van der Waals surface area contributed by atoms with Crippen LogP contribution in [0.15, 0.2) is 0 Å². The Bertz CT molecular complexity index is 133. The first-order chi connectivity index (χ1) is 6.45. The van der Waals surface area contributed by atoms with E-state index in [9.17, 15) is 0 Å². The fourth-order valence-corrected chi connectivity index (χ4v) is 2.54. The molecule has 0 spiro atoms. The van der Waals surface area contributed by atoms with Crippen molar-refractivity contribution in [2.75, 3.05) is 26.2 Å². The molecule has 2 aliphatic heterocycles. The minimum absolute atomic E-state index is 0.804. The molecule has 76 valence electrons. The lowest BCUT2D eigenvalue weighted by molar-refractivity contribution is 0.259. The maximum atomic E-state index is 3.58. The van der Waals surface area contributed by atoms with E-state index >= 15 is 0 Å². The van der Waals surface area contributed by atoms with E-state index in [1.807, 2.05) is 0 Å². The molecule has 2 heteroatoms. The van der Waals surface area contributed by atoms with Gasteiger partial charge in [0.1, 0.15) is 0 Å². The van der Waals surface area contributed by atoms with Crippen LogP contribution in [0.4, 0.5) is 0 Å². The normalized spacial score (nSPS) is 31.8. The molecule has 2 aliphatic rings. The average molecular weight is 182 g/mol. The fraction of sp³-hybridized carbons (Fsp3) is 1.00. The maximum Gasteiger partial charge on any atom is 0.0195 e. The van der Waals surface area contributed by atoms with Crippen molar-refractivity contribution in [3.05, 3.63) is 0 Å². The van der Waals surface area contributed by atoms with E-state index in [2.05, 4.69) is 10.2 Å². The highest BCUT2D eigenvalue weighted by Gasteiger charge is 2.18. The van der Waals surface area contributed by atoms with E-state index in [4.69, 9.17) is 0 Å². The topological polar surface area (TPSA) is 15.3 Å². The van der Waals surface area contributed by atoms with Gasteiger partial charge in [-0.15, -0.1) is 0 Å². The van der Waals surface area contributed by atoms with Crippen molar-refractivity contribution < 1.29 is 0 Å². The average Bonchev–Trinajstić information content (AvgIpc) is 2.49. The quantitative estimate of drug-likeness (QED) is 0.698. The number of likely N-dealkylation sites (tertiary alicyclic amines) is 1. The Kier molecular flexibility index (Phi) is 3.62. The standard InChI is InChI=1S/C11H22N2/c1-2-4-9-13(8-3-1)10-11-6-5-7-12-11/h11-12H,1-10H2. The van der Waals surface area contributed by atoms with Gasteiger partial charge in [0.25, 0.3) is 0 Å². The fourth-order valence-electron chi connectivity index (χ4n) is 2.54. The number of hydrogen-bond donors (Lipinski definition) is 1. The minimum atomic E-state index is 0.804. The van der Waals surface area contributed by atoms with Gasteiger partial charge >= 0.3 is 0 Å². The molecule has 1 unspecified atom stereocenters. The van der Waals surface area contributed by atoms with E-state index < -0.39 is 0 Å². The molecule has 2 saturated heterocycles. The number of nitrogens with zero attached hydrogens (tertiary/aromatic N) is 1. The zero-order chi connectivity index (χ0) is 8.93. The van der Waals surface area contributed by atoms with Crippen LogP contribution in [0.3, 0.4) is 0 Å². The monoisotopic (exact) mass is 182 g/mol. The molecule has 0 radical (unpaired) electrons. The molecule has 2 heterocycles. The van der Waals surface area contributed by atoms with Gasteiger partial charge in [-0.3, -0.25) is 0 Å². The molecule has 2 rings (SSSR count). The molecule has 2 nitrogen and oxygen atoms in total. The number of hydrogen-bond acceptors (Lipinski definition) is 2. The predicted molar refractivity (Wildman–Crippen MR) is 55.9 cm³/mol. The van der Waals surface area contributed by atoms with Crippen molar-refractivity contribution in [2.24, 2.45) is 0 Å². The summed E-state index contributed by atoms with van der Waals surface area (Å²) in [5, 5.41) is 3.58. The molecule has 0 aliphatic carbocycles. The lowest BCUT2D eigenvalue weighted by Gasteiger charge is -2.23. The molecule has 0 aromatic carbocycles. The molecule has 0 bridgehead atoms. The zero-order valence-corrected chi connectivity index (χ0v) is 8.60. The first-order valence-corrected chi connectivity index (χ1v) is 5.91. The first kappa shape index (κ1) is 9.47. The summed E-state index contributed by atoms with van der Waals surface area (Å²) >= 11 is 0. The van der Waals surface area contributed by atoms with E-state index in [0.717, 1.165) is 6.04 Å². The summed E-state index contributed by atoms with van der Waals surface area (Å²) in [5.41, 5.74) is 0. The molecular formula is C11H22N2. The van der Waals surface area contributed by atoms with Crippen LogP contribution >= 0.6 is 0 Å². The van der Waals surface area contributed by atoms with Crippen molar-refractivity contribution in [1.82, 2.24) is 10.2 Å². The smallest absolute Gasteiger partial charge is 0.0195 e. The van der Waals surface area contributed by atoms with Crippen molar-refractivity contribution >= 4 is 0 Å². The summed E-state index contributed by atoms with van der Waals surface area (Å²) in [7, 11) is 0. The molecule has 1 atom stereocenters. The minimum Gasteiger partial charge on any atom is -0.313 e. The van der Waals surface area contributed by atoms with E-state index in [1.54, 1.807) is 0 Å². The highest BCUT2D eigenvalue weighted by molar-refractivity contribution is 4.78. The van der Waals surface area contributed by atoms with E-state index in [0.29, 0.717) is 0 Å². The third kappa shape index (κ3) is 2.96. The van der Waals surface area contributed by atoms with Crippen LogP contribution in [-0.4, -0.2) is 37.1 Å². The second-order valence-electron chi connectivity index (χ2n) is 4.51. The molecular weight excluding hydrogens is 160 g/mol. The molecule has 13 heavy (non-hydrogen) atoms. The van der Waals surface area contributed by atoms with Crippen LogP contribution in [0.5, 0.6) is 0 Å². The Morgan fingerprint density at radius 3 is 2.38 bits per heavy atom. The van der Waals surface area contributed by atoms with Gasteiger partial charge in [0.15, 0.2) is 0 Å². The Morgan fingerprint density at radius 1 is 1.00 bits per heavy atom. The first-order valence-electron chi connectivity index (χ1n) is 5.91. The van der Waals surface area contributed by atoms with Crippen molar-refractivity contribution in [3.8, 4) is 0 Å². The Labute approximate surface area is 81.7 Å². The van der Waals surface area contributed by atoms with Crippen LogP contribution in [0, 0.1) is 0 Å². The van der Waals surface area contributed by atoms with Crippen LogP contribution in [0.1, 0.15) is 38.5 Å². The molecule has 0 aromatic heterocycles. The van der Waals surface area contributed by atoms with Gasteiger partial charge < -0.3 is 10.2 Å². The largest absolute Gasteiger partial charge is 0.313 e. The van der Waals surface area contributed by atoms with Crippen molar-refractivity contribution in [2.45, 2.75) is 44.6 Å². The van der Waals surface area contributed by atoms with E-state index in [1.165, 1.54) is 64.7 Å². The van der Waals surface area contributed by atoms with Crippen LogP contribution in [0.2, 0.25) is 0 Å². The highest BCUT2D eigenvalue weighted by Crippen LogP contribution is 2.12. The summed E-state index contributed by atoms with van der Waals surface area (Å²) in [5.74, 6) is 0. The van der Waals surface area contributed by atoms with Crippen LogP contribution < -0.4 is 5.32 Å². The van der Waals surface area contributed by atoms with Gasteiger partial charge in [0, 0.05) is 12.6 Å². The summed E-state index contributed by atoms with van der Waals surface area (Å²) < 4.78 is 0. The Hall–Kier alpha value is -0.0800. The lowest BCUT2D eigenvalue weighted by Crippen LogP contribution is -2.37. The number of nitrogens with one attached hydrogen (secondary N) is 1. The third-order valence-electron chi connectivity index (χ3n) is 3.34. The lowest BCUT2D eigenvalue weighted by atomic mass is 10.2. The Morgan fingerprint density at radius 2 is 1.77 bits per heavy atom. The second kappa shape index (κ2) is 4.97. The predicted octanol–water partition coefficient (Wildman–Crippen LogP) is 1.61. The van der Waals surface area contributed by atoms with Crippen molar-refractivity contribution in [3.63, 3.8) is 0 Å². The molecule has 0 amide bonds. The molecule has 0 aromatic rings. The Balaban J connectivity index is 1.71. The summed E-state index contributed by atoms with van der Waals surface area (Å²) in [4.78, 5) is 2.66. The zero-order valence-electron chi connectivity index (χ0n) is 8.60. The summed E-state index contributed by atoms with van der Waals surface area (Å²) in [6, 6.07) is 0.804. The highest BCUT2D eigenvalue weighted by atomic mass is 15.2. The van der Waals surface area contributed by atoms with Gasteiger partial charge in [-0.1, -0.05) is 12.8 Å². The van der Waals surface area contributed by atoms with Crippen LogP contribution in [0.25, 0.3) is 0 Å². The van der Waals surface area contributed by atoms with Gasteiger partial charge in [0.2, 0.25) is 0 Å².